The van der Waals surface area contributed by atoms with Crippen molar-refractivity contribution in [1.29, 1.82) is 0 Å². The third-order valence-corrected chi connectivity index (χ3v) is 4.20. The first kappa shape index (κ1) is 13.4. The van der Waals surface area contributed by atoms with E-state index < -0.39 is 0 Å². The van der Waals surface area contributed by atoms with Gasteiger partial charge in [-0.2, -0.15) is 0 Å². The molecular weight excluding hydrogens is 246 g/mol. The summed E-state index contributed by atoms with van der Waals surface area (Å²) in [5, 5.41) is 4.72. The van der Waals surface area contributed by atoms with Crippen LogP contribution in [0.3, 0.4) is 0 Å². The quantitative estimate of drug-likeness (QED) is 0.817. The van der Waals surface area contributed by atoms with Crippen molar-refractivity contribution in [3.05, 3.63) is 48.7 Å². The fourth-order valence-electron chi connectivity index (χ4n) is 3.10. The Labute approximate surface area is 120 Å². The number of benzene rings is 1. The van der Waals surface area contributed by atoms with Gasteiger partial charge in [0, 0.05) is 43.9 Å². The van der Waals surface area contributed by atoms with Crippen molar-refractivity contribution in [3.8, 4) is 0 Å². The first-order chi connectivity index (χ1) is 9.88. The van der Waals surface area contributed by atoms with E-state index in [-0.39, 0.29) is 0 Å². The Kier molecular flexibility index (Phi) is 4.19. The van der Waals surface area contributed by atoms with Crippen LogP contribution >= 0.6 is 0 Å². The van der Waals surface area contributed by atoms with Crippen molar-refractivity contribution in [2.45, 2.75) is 18.9 Å². The summed E-state index contributed by atoms with van der Waals surface area (Å²) in [4.78, 5) is 5.92. The zero-order valence-electron chi connectivity index (χ0n) is 11.9. The van der Waals surface area contributed by atoms with Crippen LogP contribution in [0.25, 0.3) is 10.9 Å². The highest BCUT2D eigenvalue weighted by Gasteiger charge is 2.21. The maximum absolute atomic E-state index is 3.88. The normalized spacial score (nSPS) is 18.2. The summed E-state index contributed by atoms with van der Waals surface area (Å²) in [7, 11) is 0. The Morgan fingerprint density at radius 2 is 2.10 bits per heavy atom. The lowest BCUT2D eigenvalue weighted by molar-refractivity contribution is 0.166. The fourth-order valence-corrected chi connectivity index (χ4v) is 3.10. The fraction of sp³-hybridized carbons (Fsp3) is 0.412. The van der Waals surface area contributed by atoms with Crippen LogP contribution in [0.2, 0.25) is 0 Å². The second-order valence-corrected chi connectivity index (χ2v) is 5.49. The number of piperazine rings is 1. The van der Waals surface area contributed by atoms with E-state index in [2.05, 4.69) is 46.0 Å². The topological polar surface area (TPSA) is 31.1 Å². The summed E-state index contributed by atoms with van der Waals surface area (Å²) in [6, 6.07) is 9.45. The molecule has 0 amide bonds. The Bertz CT molecular complexity index is 566. The average molecular weight is 269 g/mol. The number of hydrogen-bond acceptors (Lipinski definition) is 2. The number of rotatable bonds is 5. The molecule has 106 valence electrons. The van der Waals surface area contributed by atoms with Gasteiger partial charge in [-0.05, 0) is 35.9 Å². The van der Waals surface area contributed by atoms with Gasteiger partial charge in [0.1, 0.15) is 0 Å². The van der Waals surface area contributed by atoms with E-state index in [0.29, 0.717) is 6.04 Å². The van der Waals surface area contributed by atoms with Gasteiger partial charge in [0.2, 0.25) is 0 Å². The van der Waals surface area contributed by atoms with E-state index >= 15 is 0 Å². The summed E-state index contributed by atoms with van der Waals surface area (Å²) < 4.78 is 0. The molecule has 3 nitrogen and oxygen atoms in total. The summed E-state index contributed by atoms with van der Waals surface area (Å²) in [5.74, 6) is 0. The lowest BCUT2D eigenvalue weighted by atomic mass is 9.98. The monoisotopic (exact) mass is 269 g/mol. The maximum Gasteiger partial charge on any atom is 0.0457 e. The van der Waals surface area contributed by atoms with Gasteiger partial charge >= 0.3 is 0 Å². The minimum atomic E-state index is 0.503. The van der Waals surface area contributed by atoms with E-state index in [1.807, 2.05) is 12.3 Å². The Hall–Kier alpha value is -1.58. The van der Waals surface area contributed by atoms with E-state index in [4.69, 9.17) is 0 Å². The van der Waals surface area contributed by atoms with Gasteiger partial charge in [-0.15, -0.1) is 6.58 Å². The van der Waals surface area contributed by atoms with Gasteiger partial charge in [-0.3, -0.25) is 4.90 Å². The van der Waals surface area contributed by atoms with E-state index in [1.165, 1.54) is 16.5 Å². The molecule has 3 rings (SSSR count). The molecule has 1 saturated heterocycles. The molecule has 1 aromatic carbocycles. The molecule has 1 atom stereocenters. The summed E-state index contributed by atoms with van der Waals surface area (Å²) in [6.45, 7) is 8.32. The molecule has 1 aromatic heterocycles. The van der Waals surface area contributed by atoms with E-state index in [0.717, 1.165) is 39.0 Å². The predicted molar refractivity (Wildman–Crippen MR) is 84.9 cm³/mol. The van der Waals surface area contributed by atoms with Crippen molar-refractivity contribution >= 4 is 10.9 Å². The number of nitrogens with one attached hydrogen (secondary N) is 2. The second-order valence-electron chi connectivity index (χ2n) is 5.49. The summed E-state index contributed by atoms with van der Waals surface area (Å²) >= 11 is 0. The van der Waals surface area contributed by atoms with Crippen LogP contribution in [0.1, 0.15) is 24.4 Å². The SMILES string of the molecule is C=CCC[C@H](c1ccc2cc[nH]c2c1)N1CCNCC1. The number of nitrogens with zero attached hydrogens (tertiary/aromatic N) is 1. The molecule has 1 aliphatic heterocycles. The number of hydrogen-bond donors (Lipinski definition) is 2. The van der Waals surface area contributed by atoms with Crippen molar-refractivity contribution < 1.29 is 0 Å². The molecule has 0 aliphatic carbocycles. The highest BCUT2D eigenvalue weighted by Crippen LogP contribution is 2.28. The number of aromatic nitrogens is 1. The van der Waals surface area contributed by atoms with Gasteiger partial charge < -0.3 is 10.3 Å². The minimum Gasteiger partial charge on any atom is -0.361 e. The van der Waals surface area contributed by atoms with Crippen LogP contribution in [0.4, 0.5) is 0 Å². The highest BCUT2D eigenvalue weighted by atomic mass is 15.2. The van der Waals surface area contributed by atoms with Gasteiger partial charge in [0.15, 0.2) is 0 Å². The molecule has 0 radical (unpaired) electrons. The van der Waals surface area contributed by atoms with Crippen LogP contribution in [-0.2, 0) is 0 Å². The van der Waals surface area contributed by atoms with Gasteiger partial charge in [-0.1, -0.05) is 18.2 Å². The Balaban J connectivity index is 1.87. The summed E-state index contributed by atoms with van der Waals surface area (Å²) in [6.07, 6.45) is 6.26. The zero-order chi connectivity index (χ0) is 13.8. The minimum absolute atomic E-state index is 0.503. The molecule has 0 unspecified atom stereocenters. The van der Waals surface area contributed by atoms with Crippen LogP contribution in [-0.4, -0.2) is 36.1 Å². The molecule has 20 heavy (non-hydrogen) atoms. The Morgan fingerprint density at radius 3 is 2.90 bits per heavy atom. The van der Waals surface area contributed by atoms with Crippen LogP contribution in [0, 0.1) is 0 Å². The smallest absolute Gasteiger partial charge is 0.0457 e. The lowest BCUT2D eigenvalue weighted by Crippen LogP contribution is -2.45. The second kappa shape index (κ2) is 6.25. The Morgan fingerprint density at radius 1 is 1.25 bits per heavy atom. The van der Waals surface area contributed by atoms with Crippen LogP contribution in [0.15, 0.2) is 43.1 Å². The van der Waals surface area contributed by atoms with Crippen molar-refractivity contribution in [1.82, 2.24) is 15.2 Å². The van der Waals surface area contributed by atoms with Gasteiger partial charge in [0.25, 0.3) is 0 Å². The molecule has 1 fully saturated rings. The molecule has 0 spiro atoms. The molecule has 2 N–H and O–H groups in total. The number of fused-ring (bicyclic) bond motifs is 1. The molecule has 0 saturated carbocycles. The molecular formula is C17H23N3. The number of aromatic amines is 1. The molecule has 2 aromatic rings. The average Bonchev–Trinajstić information content (AvgIpc) is 2.96. The number of allylic oxidation sites excluding steroid dienone is 1. The van der Waals surface area contributed by atoms with E-state index in [1.54, 1.807) is 0 Å². The largest absolute Gasteiger partial charge is 0.361 e. The molecule has 0 bridgehead atoms. The van der Waals surface area contributed by atoms with Gasteiger partial charge in [-0.25, -0.2) is 0 Å². The molecule has 2 heterocycles. The zero-order valence-corrected chi connectivity index (χ0v) is 11.9. The number of H-pyrrole nitrogens is 1. The van der Waals surface area contributed by atoms with E-state index in [9.17, 15) is 0 Å². The van der Waals surface area contributed by atoms with Crippen molar-refractivity contribution in [2.24, 2.45) is 0 Å². The van der Waals surface area contributed by atoms with Crippen molar-refractivity contribution in [2.75, 3.05) is 26.2 Å². The molecule has 3 heteroatoms. The lowest BCUT2D eigenvalue weighted by Gasteiger charge is -2.35. The maximum atomic E-state index is 3.88. The third-order valence-electron chi connectivity index (χ3n) is 4.20. The van der Waals surface area contributed by atoms with Crippen molar-refractivity contribution in [3.63, 3.8) is 0 Å². The third kappa shape index (κ3) is 2.79. The standard InChI is InChI=1S/C17H23N3/c1-2-3-4-17(20-11-9-18-10-12-20)15-6-5-14-7-8-19-16(14)13-15/h2,5-8,13,17-19H,1,3-4,9-12H2/t17-/m1/s1. The summed E-state index contributed by atoms with van der Waals surface area (Å²) in [5.41, 5.74) is 2.66. The first-order valence-corrected chi connectivity index (χ1v) is 7.51. The highest BCUT2D eigenvalue weighted by molar-refractivity contribution is 5.79. The van der Waals surface area contributed by atoms with Gasteiger partial charge in [0.05, 0.1) is 0 Å². The predicted octanol–water partition coefficient (Wildman–Crippen LogP) is 3.08. The van der Waals surface area contributed by atoms with Crippen LogP contribution in [0.5, 0.6) is 0 Å². The first-order valence-electron chi connectivity index (χ1n) is 7.51. The molecule has 1 aliphatic rings. The van der Waals surface area contributed by atoms with Crippen LogP contribution < -0.4 is 5.32 Å².